The van der Waals surface area contributed by atoms with Crippen LogP contribution in [0.1, 0.15) is 6.92 Å². The van der Waals surface area contributed by atoms with Gasteiger partial charge < -0.3 is 15.3 Å². The monoisotopic (exact) mass is 236 g/mol. The Morgan fingerprint density at radius 2 is 1.44 bits per heavy atom. The van der Waals surface area contributed by atoms with Gasteiger partial charge in [0.2, 0.25) is 0 Å². The fraction of sp³-hybridized carbons (Fsp3) is 0.167. The highest BCUT2D eigenvalue weighted by atomic mass is 32.2. The maximum atomic E-state index is 10.0. The summed E-state index contributed by atoms with van der Waals surface area (Å²) in [6.07, 6.45) is 0. The molecule has 3 nitrogen and oxygen atoms in total. The van der Waals surface area contributed by atoms with Gasteiger partial charge in [-0.15, -0.1) is 10.9 Å². The molecule has 0 bridgehead atoms. The number of hydrogen-bond acceptors (Lipinski definition) is 3. The zero-order valence-corrected chi connectivity index (χ0v) is 9.57. The number of thiol groups is 1. The molecular formula is C12H12O3S. The molecule has 1 aliphatic heterocycles. The molecule has 2 aliphatic rings. The number of benzene rings is 1. The van der Waals surface area contributed by atoms with Gasteiger partial charge in [0, 0.05) is 22.0 Å². The van der Waals surface area contributed by atoms with E-state index < -0.39 is 10.9 Å². The molecule has 16 heavy (non-hydrogen) atoms. The Hall–Kier alpha value is -1.55. The Kier molecular flexibility index (Phi) is 1.80. The fourth-order valence-corrected chi connectivity index (χ4v) is 4.40. The highest BCUT2D eigenvalue weighted by molar-refractivity contribution is 8.23. The van der Waals surface area contributed by atoms with Crippen LogP contribution >= 0.6 is 10.9 Å². The van der Waals surface area contributed by atoms with Crippen LogP contribution < -0.4 is 0 Å². The average molecular weight is 236 g/mol. The molecule has 1 fully saturated rings. The minimum atomic E-state index is -1.13. The van der Waals surface area contributed by atoms with E-state index in [1.54, 1.807) is 24.3 Å². The van der Waals surface area contributed by atoms with E-state index in [1.165, 1.54) is 0 Å². The highest BCUT2D eigenvalue weighted by Gasteiger charge is 2.48. The molecule has 1 aromatic carbocycles. The Balaban J connectivity index is 2.03. The van der Waals surface area contributed by atoms with Crippen molar-refractivity contribution < 1.29 is 15.3 Å². The lowest BCUT2D eigenvalue weighted by atomic mass is 10.3. The van der Waals surface area contributed by atoms with Crippen molar-refractivity contribution in [3.8, 4) is 5.75 Å². The van der Waals surface area contributed by atoms with Crippen LogP contribution in [0.15, 0.2) is 50.5 Å². The number of aliphatic hydroxyl groups excluding tert-OH is 2. The molecule has 0 radical (unpaired) electrons. The second-order valence-electron chi connectivity index (χ2n) is 4.05. The maximum absolute atomic E-state index is 10.0. The summed E-state index contributed by atoms with van der Waals surface area (Å²) in [7, 11) is -1.13. The minimum absolute atomic E-state index is 0.191. The number of aromatic hydroxyl groups is 1. The van der Waals surface area contributed by atoms with Gasteiger partial charge in [0.25, 0.3) is 0 Å². The third-order valence-electron chi connectivity index (χ3n) is 3.09. The van der Waals surface area contributed by atoms with Crippen molar-refractivity contribution in [3.63, 3.8) is 0 Å². The molecule has 1 aliphatic carbocycles. The molecule has 0 amide bonds. The van der Waals surface area contributed by atoms with E-state index in [4.69, 9.17) is 0 Å². The molecule has 1 aromatic rings. The second-order valence-corrected chi connectivity index (χ2v) is 6.08. The largest absolute Gasteiger partial charge is 0.508 e. The molecule has 0 atom stereocenters. The van der Waals surface area contributed by atoms with E-state index in [0.717, 1.165) is 16.0 Å². The summed E-state index contributed by atoms with van der Waals surface area (Å²) < 4.78 is 0. The minimum Gasteiger partial charge on any atom is -0.508 e. The Labute approximate surface area is 95.7 Å². The zero-order chi connectivity index (χ0) is 11.4. The van der Waals surface area contributed by atoms with Crippen LogP contribution in [0.2, 0.25) is 0 Å². The summed E-state index contributed by atoms with van der Waals surface area (Å²) in [4.78, 5) is 0.863. The van der Waals surface area contributed by atoms with Crippen LogP contribution in [0.5, 0.6) is 5.75 Å². The smallest absolute Gasteiger partial charge is 0.145 e. The van der Waals surface area contributed by atoms with Crippen molar-refractivity contribution in [2.45, 2.75) is 11.8 Å². The third kappa shape index (κ3) is 1.10. The number of aliphatic hydroxyl groups is 2. The Bertz CT molecular complexity index is 502. The first kappa shape index (κ1) is 9.66. The lowest BCUT2D eigenvalue weighted by Gasteiger charge is -2.18. The molecule has 0 unspecified atom stereocenters. The first-order valence-electron chi connectivity index (χ1n) is 5.07. The van der Waals surface area contributed by atoms with Crippen LogP contribution in [-0.4, -0.2) is 15.3 Å². The average Bonchev–Trinajstić information content (AvgIpc) is 2.84. The van der Waals surface area contributed by atoms with Gasteiger partial charge in [0.1, 0.15) is 15.9 Å². The van der Waals surface area contributed by atoms with Crippen molar-refractivity contribution in [1.82, 2.24) is 0 Å². The SMILES string of the molecule is CC1C2=C(O)[SH](c3ccc(O)cc3)C(O)=C21. The second kappa shape index (κ2) is 2.98. The Morgan fingerprint density at radius 1 is 0.938 bits per heavy atom. The van der Waals surface area contributed by atoms with E-state index in [9.17, 15) is 15.3 Å². The number of rotatable bonds is 1. The lowest BCUT2D eigenvalue weighted by molar-refractivity contribution is 0.438. The predicted molar refractivity (Wildman–Crippen MR) is 63.8 cm³/mol. The van der Waals surface area contributed by atoms with Crippen LogP contribution in [0.25, 0.3) is 0 Å². The Morgan fingerprint density at radius 3 is 1.94 bits per heavy atom. The lowest BCUT2D eigenvalue weighted by Crippen LogP contribution is -1.91. The number of phenolic OH excluding ortho intramolecular Hbond substituents is 1. The van der Waals surface area contributed by atoms with Gasteiger partial charge in [-0.05, 0) is 24.3 Å². The molecular weight excluding hydrogens is 224 g/mol. The van der Waals surface area contributed by atoms with Gasteiger partial charge in [-0.2, -0.15) is 0 Å². The predicted octanol–water partition coefficient (Wildman–Crippen LogP) is 2.95. The fourth-order valence-electron chi connectivity index (χ4n) is 2.15. The van der Waals surface area contributed by atoms with Crippen molar-refractivity contribution in [1.29, 1.82) is 0 Å². The summed E-state index contributed by atoms with van der Waals surface area (Å²) in [6, 6.07) is 6.62. The summed E-state index contributed by atoms with van der Waals surface area (Å²) in [5.74, 6) is 0.409. The summed E-state index contributed by atoms with van der Waals surface area (Å²) in [6.45, 7) is 1.97. The van der Waals surface area contributed by atoms with Gasteiger partial charge in [0.05, 0.1) is 0 Å². The molecule has 4 heteroatoms. The quantitative estimate of drug-likeness (QED) is 0.567. The first-order valence-corrected chi connectivity index (χ1v) is 6.41. The number of phenols is 1. The standard InChI is InChI=1S/C12H12O3S/c1-6-9-10(6)12(15)16(11(9)14)8-4-2-7(13)3-5-8/h2-6,13-16H,1H3. The molecule has 3 rings (SSSR count). The van der Waals surface area contributed by atoms with Gasteiger partial charge in [0.15, 0.2) is 0 Å². The topological polar surface area (TPSA) is 60.7 Å². The van der Waals surface area contributed by atoms with E-state index in [-0.39, 0.29) is 11.7 Å². The molecule has 0 spiro atoms. The molecule has 3 N–H and O–H groups in total. The van der Waals surface area contributed by atoms with Crippen molar-refractivity contribution in [2.75, 3.05) is 0 Å². The van der Waals surface area contributed by atoms with Crippen LogP contribution in [0, 0.1) is 5.92 Å². The van der Waals surface area contributed by atoms with Crippen LogP contribution in [-0.2, 0) is 0 Å². The summed E-state index contributed by atoms with van der Waals surface area (Å²) in [5, 5.41) is 29.8. The number of allylic oxidation sites excluding steroid dienone is 2. The van der Waals surface area contributed by atoms with Gasteiger partial charge in [-0.25, -0.2) is 0 Å². The zero-order valence-electron chi connectivity index (χ0n) is 8.68. The van der Waals surface area contributed by atoms with E-state index in [2.05, 4.69) is 0 Å². The van der Waals surface area contributed by atoms with Crippen molar-refractivity contribution in [3.05, 3.63) is 45.6 Å². The summed E-state index contributed by atoms with van der Waals surface area (Å²) >= 11 is 0. The molecule has 0 saturated heterocycles. The normalized spacial score (nSPS) is 21.7. The maximum Gasteiger partial charge on any atom is 0.145 e. The molecule has 84 valence electrons. The van der Waals surface area contributed by atoms with Crippen LogP contribution in [0.4, 0.5) is 0 Å². The van der Waals surface area contributed by atoms with E-state index in [1.807, 2.05) is 6.92 Å². The van der Waals surface area contributed by atoms with Crippen molar-refractivity contribution in [2.24, 2.45) is 5.92 Å². The van der Waals surface area contributed by atoms with Crippen LogP contribution in [0.3, 0.4) is 0 Å². The third-order valence-corrected chi connectivity index (χ3v) is 5.23. The molecule has 1 heterocycles. The number of hydrogen-bond donors (Lipinski definition) is 4. The highest BCUT2D eigenvalue weighted by Crippen LogP contribution is 2.67. The van der Waals surface area contributed by atoms with E-state index in [0.29, 0.717) is 10.2 Å². The molecule has 0 aromatic heterocycles. The van der Waals surface area contributed by atoms with Gasteiger partial charge in [-0.3, -0.25) is 0 Å². The number of fused-ring (bicyclic) bond motifs is 1. The van der Waals surface area contributed by atoms with Gasteiger partial charge >= 0.3 is 0 Å². The first-order chi connectivity index (χ1) is 7.61. The summed E-state index contributed by atoms with van der Waals surface area (Å²) in [5.41, 5.74) is 1.83. The van der Waals surface area contributed by atoms with Crippen molar-refractivity contribution >= 4 is 10.9 Å². The van der Waals surface area contributed by atoms with Gasteiger partial charge in [-0.1, -0.05) is 6.92 Å². The van der Waals surface area contributed by atoms with E-state index >= 15 is 0 Å². The molecule has 1 saturated carbocycles.